The van der Waals surface area contributed by atoms with Gasteiger partial charge in [-0.2, -0.15) is 0 Å². The molecule has 0 spiro atoms. The largest absolute Gasteiger partial charge is 0.393 e. The van der Waals surface area contributed by atoms with E-state index in [1.807, 2.05) is 6.92 Å². The lowest BCUT2D eigenvalue weighted by molar-refractivity contribution is 0.0955. The second-order valence-electron chi connectivity index (χ2n) is 6.07. The first-order valence-electron chi connectivity index (χ1n) is 7.60. The van der Waals surface area contributed by atoms with Crippen LogP contribution in [0.1, 0.15) is 26.2 Å². The van der Waals surface area contributed by atoms with E-state index in [1.165, 1.54) is 22.9 Å². The van der Waals surface area contributed by atoms with E-state index < -0.39 is 0 Å². The van der Waals surface area contributed by atoms with Crippen molar-refractivity contribution in [3.05, 3.63) is 46.2 Å². The Morgan fingerprint density at radius 1 is 1.30 bits per heavy atom. The first-order valence-corrected chi connectivity index (χ1v) is 7.60. The fourth-order valence-electron chi connectivity index (χ4n) is 3.87. The molecule has 1 aromatic rings. The van der Waals surface area contributed by atoms with Gasteiger partial charge in [0.05, 0.1) is 17.2 Å². The lowest BCUT2D eigenvalue weighted by Crippen LogP contribution is -2.41. The molecule has 0 aromatic heterocycles. The van der Waals surface area contributed by atoms with Gasteiger partial charge >= 0.3 is 0 Å². The van der Waals surface area contributed by atoms with Crippen molar-refractivity contribution in [1.82, 2.24) is 4.90 Å². The third-order valence-corrected chi connectivity index (χ3v) is 4.84. The standard InChI is InChI=1S/C17H20N2O/c1-11(20)12-6-4-9-19-10-8-14-13-5-2-3-7-15(13)18-16(14)17(12)19/h2-3,5,7,11-12,20H,4,6,8-10H2,1H3. The average molecular weight is 268 g/mol. The SMILES string of the molecule is CC(O)C1CCCN2CCC3=c4ccccc4=NC3=C12. The molecule has 2 atom stereocenters. The van der Waals surface area contributed by atoms with Crippen LogP contribution in [0.25, 0.3) is 5.57 Å². The summed E-state index contributed by atoms with van der Waals surface area (Å²) < 4.78 is 0. The Hall–Kier alpha value is -1.61. The number of hydrogen-bond donors (Lipinski definition) is 1. The molecular formula is C17H20N2O. The minimum Gasteiger partial charge on any atom is -0.393 e. The van der Waals surface area contributed by atoms with Gasteiger partial charge in [0.25, 0.3) is 0 Å². The van der Waals surface area contributed by atoms with Crippen molar-refractivity contribution in [2.24, 2.45) is 10.9 Å². The Bertz CT molecular complexity index is 702. The van der Waals surface area contributed by atoms with E-state index >= 15 is 0 Å². The van der Waals surface area contributed by atoms with E-state index in [-0.39, 0.29) is 12.0 Å². The number of allylic oxidation sites excluding steroid dienone is 1. The number of fused-ring (bicyclic) bond motifs is 3. The Balaban J connectivity index is 1.96. The molecule has 3 nitrogen and oxygen atoms in total. The van der Waals surface area contributed by atoms with Crippen LogP contribution >= 0.6 is 0 Å². The van der Waals surface area contributed by atoms with Crippen LogP contribution in [0.2, 0.25) is 0 Å². The van der Waals surface area contributed by atoms with Gasteiger partial charge in [-0.1, -0.05) is 18.2 Å². The maximum Gasteiger partial charge on any atom is 0.0871 e. The number of benzene rings is 1. The second kappa shape index (κ2) is 4.45. The molecule has 3 aliphatic rings. The summed E-state index contributed by atoms with van der Waals surface area (Å²) in [7, 11) is 0. The first kappa shape index (κ1) is 12.2. The molecule has 1 fully saturated rings. The second-order valence-corrected chi connectivity index (χ2v) is 6.07. The molecule has 20 heavy (non-hydrogen) atoms. The maximum atomic E-state index is 10.1. The normalized spacial score (nSPS) is 25.8. The first-order chi connectivity index (χ1) is 9.75. The molecule has 0 amide bonds. The number of aliphatic hydroxyl groups is 1. The zero-order valence-corrected chi connectivity index (χ0v) is 11.8. The maximum absolute atomic E-state index is 10.1. The van der Waals surface area contributed by atoms with Crippen molar-refractivity contribution in [1.29, 1.82) is 0 Å². The molecule has 1 saturated heterocycles. The van der Waals surface area contributed by atoms with Gasteiger partial charge in [-0.05, 0) is 37.8 Å². The highest BCUT2D eigenvalue weighted by molar-refractivity contribution is 5.69. The fourth-order valence-corrected chi connectivity index (χ4v) is 3.87. The van der Waals surface area contributed by atoms with Gasteiger partial charge in [0.1, 0.15) is 0 Å². The molecule has 0 aliphatic carbocycles. The summed E-state index contributed by atoms with van der Waals surface area (Å²) in [5.41, 5.74) is 3.84. The van der Waals surface area contributed by atoms with E-state index in [2.05, 4.69) is 29.2 Å². The summed E-state index contributed by atoms with van der Waals surface area (Å²) in [5, 5.41) is 12.5. The predicted octanol–water partition coefficient (Wildman–Crippen LogP) is 1.18. The molecule has 0 bridgehead atoms. The summed E-state index contributed by atoms with van der Waals surface area (Å²) in [5.74, 6) is 0.243. The monoisotopic (exact) mass is 268 g/mol. The van der Waals surface area contributed by atoms with Crippen LogP contribution in [-0.2, 0) is 0 Å². The summed E-state index contributed by atoms with van der Waals surface area (Å²) in [6, 6.07) is 8.42. The molecule has 1 N–H and O–H groups in total. The van der Waals surface area contributed by atoms with E-state index in [0.717, 1.165) is 37.0 Å². The van der Waals surface area contributed by atoms with E-state index in [9.17, 15) is 5.11 Å². The van der Waals surface area contributed by atoms with Gasteiger partial charge in [0.15, 0.2) is 0 Å². The third-order valence-electron chi connectivity index (χ3n) is 4.84. The van der Waals surface area contributed by atoms with Gasteiger partial charge < -0.3 is 10.0 Å². The molecule has 4 rings (SSSR count). The zero-order valence-electron chi connectivity index (χ0n) is 11.8. The highest BCUT2D eigenvalue weighted by Gasteiger charge is 2.35. The molecule has 2 unspecified atom stereocenters. The quantitative estimate of drug-likeness (QED) is 0.830. The summed E-state index contributed by atoms with van der Waals surface area (Å²) in [4.78, 5) is 7.33. The topological polar surface area (TPSA) is 35.8 Å². The Morgan fingerprint density at radius 2 is 2.15 bits per heavy atom. The molecule has 0 radical (unpaired) electrons. The van der Waals surface area contributed by atoms with Crippen LogP contribution in [0.5, 0.6) is 0 Å². The number of nitrogens with zero attached hydrogens (tertiary/aromatic N) is 2. The van der Waals surface area contributed by atoms with Crippen molar-refractivity contribution >= 4 is 5.57 Å². The third kappa shape index (κ3) is 1.66. The minimum absolute atomic E-state index is 0.243. The van der Waals surface area contributed by atoms with Crippen LogP contribution in [0.4, 0.5) is 0 Å². The van der Waals surface area contributed by atoms with Crippen molar-refractivity contribution < 1.29 is 5.11 Å². The lowest BCUT2D eigenvalue weighted by Gasteiger charge is -2.42. The van der Waals surface area contributed by atoms with Gasteiger partial charge in [0, 0.05) is 29.9 Å². The molecule has 104 valence electrons. The Morgan fingerprint density at radius 3 is 3.00 bits per heavy atom. The predicted molar refractivity (Wildman–Crippen MR) is 78.3 cm³/mol. The van der Waals surface area contributed by atoms with Crippen molar-refractivity contribution in [2.45, 2.75) is 32.3 Å². The van der Waals surface area contributed by atoms with E-state index in [0.29, 0.717) is 0 Å². The van der Waals surface area contributed by atoms with Crippen LogP contribution in [0.15, 0.2) is 40.7 Å². The minimum atomic E-state index is -0.293. The van der Waals surface area contributed by atoms with Crippen LogP contribution in [-0.4, -0.2) is 29.2 Å². The molecule has 0 saturated carbocycles. The lowest BCUT2D eigenvalue weighted by atomic mass is 9.84. The fraction of sp³-hybridized carbons (Fsp3) is 0.471. The number of hydrogen-bond acceptors (Lipinski definition) is 3. The van der Waals surface area contributed by atoms with Crippen molar-refractivity contribution in [2.75, 3.05) is 13.1 Å². The zero-order chi connectivity index (χ0) is 13.7. The molecule has 3 heterocycles. The number of piperidine rings is 1. The van der Waals surface area contributed by atoms with Gasteiger partial charge in [-0.15, -0.1) is 0 Å². The number of rotatable bonds is 1. The highest BCUT2D eigenvalue weighted by Crippen LogP contribution is 2.39. The number of aliphatic hydroxyl groups excluding tert-OH is 1. The van der Waals surface area contributed by atoms with E-state index in [4.69, 9.17) is 4.99 Å². The Kier molecular flexibility index (Phi) is 2.71. The molecule has 3 heteroatoms. The van der Waals surface area contributed by atoms with Crippen molar-refractivity contribution in [3.63, 3.8) is 0 Å². The molecular weight excluding hydrogens is 248 g/mol. The number of para-hydroxylation sites is 1. The van der Waals surface area contributed by atoms with Crippen LogP contribution in [0, 0.1) is 5.92 Å². The summed E-state index contributed by atoms with van der Waals surface area (Å²) >= 11 is 0. The van der Waals surface area contributed by atoms with Crippen LogP contribution in [0.3, 0.4) is 0 Å². The smallest absolute Gasteiger partial charge is 0.0871 e. The van der Waals surface area contributed by atoms with E-state index in [1.54, 1.807) is 0 Å². The Labute approximate surface area is 118 Å². The molecule has 1 aromatic carbocycles. The van der Waals surface area contributed by atoms with Crippen molar-refractivity contribution in [3.8, 4) is 0 Å². The van der Waals surface area contributed by atoms with Crippen LogP contribution < -0.4 is 10.6 Å². The van der Waals surface area contributed by atoms with Gasteiger partial charge in [-0.25, -0.2) is 4.99 Å². The summed E-state index contributed by atoms with van der Waals surface area (Å²) in [6.07, 6.45) is 3.03. The summed E-state index contributed by atoms with van der Waals surface area (Å²) in [6.45, 7) is 4.10. The van der Waals surface area contributed by atoms with Gasteiger partial charge in [0.2, 0.25) is 0 Å². The highest BCUT2D eigenvalue weighted by atomic mass is 16.3. The molecule has 3 aliphatic heterocycles. The van der Waals surface area contributed by atoms with Gasteiger partial charge in [-0.3, -0.25) is 0 Å². The average Bonchev–Trinajstić information content (AvgIpc) is 2.85.